The van der Waals surface area contributed by atoms with Crippen LogP contribution >= 0.6 is 22.6 Å². The summed E-state index contributed by atoms with van der Waals surface area (Å²) in [4.78, 5) is 8.26. The lowest BCUT2D eigenvalue weighted by Gasteiger charge is -2.22. The first-order chi connectivity index (χ1) is 6.53. The van der Waals surface area contributed by atoms with Gasteiger partial charge in [0.15, 0.2) is 0 Å². The molecule has 0 aliphatic heterocycles. The summed E-state index contributed by atoms with van der Waals surface area (Å²) >= 11 is 2.17. The van der Waals surface area contributed by atoms with Crippen LogP contribution in [0, 0.1) is 3.57 Å². The average Bonchev–Trinajstić information content (AvgIpc) is 2.17. The summed E-state index contributed by atoms with van der Waals surface area (Å²) < 4.78 is 6.29. The summed E-state index contributed by atoms with van der Waals surface area (Å²) in [6.07, 6.45) is 3.55. The van der Waals surface area contributed by atoms with Crippen LogP contribution in [0.4, 0.5) is 5.95 Å². The molecule has 5 heteroatoms. The molecule has 0 bridgehead atoms. The SMILES string of the molecule is COC(C)(C)CNc1ncc(I)cn1. The van der Waals surface area contributed by atoms with Crippen molar-refractivity contribution >= 4 is 28.5 Å². The third-order valence-corrected chi connectivity index (χ3v) is 2.40. The van der Waals surface area contributed by atoms with Crippen LogP contribution in [-0.2, 0) is 4.74 Å². The van der Waals surface area contributed by atoms with Gasteiger partial charge in [-0.1, -0.05) is 0 Å². The third kappa shape index (κ3) is 3.75. The summed E-state index contributed by atoms with van der Waals surface area (Å²) in [5, 5.41) is 3.11. The number of nitrogens with zero attached hydrogens (tertiary/aromatic N) is 2. The fourth-order valence-electron chi connectivity index (χ4n) is 0.768. The van der Waals surface area contributed by atoms with Gasteiger partial charge in [-0.25, -0.2) is 9.97 Å². The van der Waals surface area contributed by atoms with Crippen LogP contribution in [-0.4, -0.2) is 29.2 Å². The fraction of sp³-hybridized carbons (Fsp3) is 0.556. The molecule has 1 aromatic heterocycles. The maximum absolute atomic E-state index is 5.26. The maximum Gasteiger partial charge on any atom is 0.222 e. The molecule has 0 spiro atoms. The van der Waals surface area contributed by atoms with Gasteiger partial charge in [0.1, 0.15) is 0 Å². The Morgan fingerprint density at radius 1 is 1.43 bits per heavy atom. The standard InChI is InChI=1S/C9H14IN3O/c1-9(2,14-3)6-13-8-11-4-7(10)5-12-8/h4-5H,6H2,1-3H3,(H,11,12,13). The highest BCUT2D eigenvalue weighted by Crippen LogP contribution is 2.08. The van der Waals surface area contributed by atoms with E-state index in [1.54, 1.807) is 19.5 Å². The number of anilines is 1. The number of hydrogen-bond acceptors (Lipinski definition) is 4. The number of nitrogens with one attached hydrogen (secondary N) is 1. The zero-order valence-corrected chi connectivity index (χ0v) is 10.7. The Bertz CT molecular complexity index is 287. The summed E-state index contributed by atoms with van der Waals surface area (Å²) in [6, 6.07) is 0. The second-order valence-corrected chi connectivity index (χ2v) is 4.79. The Hall–Kier alpha value is -0.430. The van der Waals surface area contributed by atoms with Gasteiger partial charge < -0.3 is 10.1 Å². The Morgan fingerprint density at radius 2 is 2.00 bits per heavy atom. The van der Waals surface area contributed by atoms with Crippen LogP contribution in [0.2, 0.25) is 0 Å². The first kappa shape index (κ1) is 11.6. The molecule has 4 nitrogen and oxygen atoms in total. The molecule has 0 aromatic carbocycles. The first-order valence-corrected chi connectivity index (χ1v) is 5.38. The van der Waals surface area contributed by atoms with Crippen LogP contribution < -0.4 is 5.32 Å². The summed E-state index contributed by atoms with van der Waals surface area (Å²) in [5.74, 6) is 0.635. The normalized spacial score (nSPS) is 11.4. The Labute approximate surface area is 97.6 Å². The van der Waals surface area contributed by atoms with Gasteiger partial charge in [0.25, 0.3) is 0 Å². The maximum atomic E-state index is 5.26. The van der Waals surface area contributed by atoms with Gasteiger partial charge in [-0.05, 0) is 36.4 Å². The minimum absolute atomic E-state index is 0.202. The molecule has 1 heterocycles. The zero-order valence-electron chi connectivity index (χ0n) is 8.54. The summed E-state index contributed by atoms with van der Waals surface area (Å²) in [6.45, 7) is 4.70. The van der Waals surface area contributed by atoms with Crippen LogP contribution in [0.5, 0.6) is 0 Å². The quantitative estimate of drug-likeness (QED) is 0.863. The molecule has 1 N–H and O–H groups in total. The van der Waals surface area contributed by atoms with Crippen molar-refractivity contribution in [3.63, 3.8) is 0 Å². The summed E-state index contributed by atoms with van der Waals surface area (Å²) in [7, 11) is 1.69. The molecule has 0 unspecified atom stereocenters. The van der Waals surface area contributed by atoms with Crippen molar-refractivity contribution in [1.29, 1.82) is 0 Å². The molecule has 0 aliphatic rings. The third-order valence-electron chi connectivity index (χ3n) is 1.85. The number of ether oxygens (including phenoxy) is 1. The molecule has 0 amide bonds. The molecule has 1 rings (SSSR count). The number of methoxy groups -OCH3 is 1. The number of aromatic nitrogens is 2. The van der Waals surface area contributed by atoms with Crippen LogP contribution in [0.3, 0.4) is 0 Å². The molecule has 0 aliphatic carbocycles. The molecule has 0 fully saturated rings. The van der Waals surface area contributed by atoms with Crippen molar-refractivity contribution in [3.8, 4) is 0 Å². The average molecular weight is 307 g/mol. The van der Waals surface area contributed by atoms with E-state index in [-0.39, 0.29) is 5.60 Å². The van der Waals surface area contributed by atoms with Gasteiger partial charge in [0.05, 0.1) is 5.60 Å². The van der Waals surface area contributed by atoms with E-state index in [1.165, 1.54) is 0 Å². The van der Waals surface area contributed by atoms with Crippen molar-refractivity contribution in [2.75, 3.05) is 19.0 Å². The van der Waals surface area contributed by atoms with E-state index in [1.807, 2.05) is 13.8 Å². The lowest BCUT2D eigenvalue weighted by atomic mass is 10.1. The van der Waals surface area contributed by atoms with Crippen LogP contribution in [0.15, 0.2) is 12.4 Å². The van der Waals surface area contributed by atoms with Crippen molar-refractivity contribution in [2.24, 2.45) is 0 Å². The smallest absolute Gasteiger partial charge is 0.222 e. The van der Waals surface area contributed by atoms with Gasteiger partial charge in [-0.3, -0.25) is 0 Å². The van der Waals surface area contributed by atoms with Crippen LogP contribution in [0.25, 0.3) is 0 Å². The molecule has 0 radical (unpaired) electrons. The lowest BCUT2D eigenvalue weighted by molar-refractivity contribution is 0.0342. The molecular weight excluding hydrogens is 293 g/mol. The fourth-order valence-corrected chi connectivity index (χ4v) is 1.05. The van der Waals surface area contributed by atoms with Crippen LogP contribution in [0.1, 0.15) is 13.8 Å². The molecule has 0 saturated carbocycles. The van der Waals surface area contributed by atoms with Crippen molar-refractivity contribution in [1.82, 2.24) is 9.97 Å². The predicted octanol–water partition coefficient (Wildman–Crippen LogP) is 1.92. The minimum atomic E-state index is -0.202. The largest absolute Gasteiger partial charge is 0.377 e. The van der Waals surface area contributed by atoms with E-state index in [0.717, 1.165) is 3.57 Å². The number of rotatable bonds is 4. The van der Waals surface area contributed by atoms with E-state index in [2.05, 4.69) is 37.9 Å². The second kappa shape index (κ2) is 4.88. The summed E-state index contributed by atoms with van der Waals surface area (Å²) in [5.41, 5.74) is -0.202. The van der Waals surface area contributed by atoms with E-state index < -0.39 is 0 Å². The Balaban J connectivity index is 2.50. The van der Waals surface area contributed by atoms with E-state index >= 15 is 0 Å². The zero-order chi connectivity index (χ0) is 10.6. The molecule has 14 heavy (non-hydrogen) atoms. The minimum Gasteiger partial charge on any atom is -0.377 e. The number of hydrogen-bond donors (Lipinski definition) is 1. The van der Waals surface area contributed by atoms with Crippen molar-refractivity contribution < 1.29 is 4.74 Å². The molecule has 78 valence electrons. The predicted molar refractivity (Wildman–Crippen MR) is 64.3 cm³/mol. The van der Waals surface area contributed by atoms with E-state index in [0.29, 0.717) is 12.5 Å². The molecular formula is C9H14IN3O. The van der Waals surface area contributed by atoms with Crippen molar-refractivity contribution in [3.05, 3.63) is 16.0 Å². The molecule has 0 saturated heterocycles. The van der Waals surface area contributed by atoms with E-state index in [4.69, 9.17) is 4.74 Å². The lowest BCUT2D eigenvalue weighted by Crippen LogP contribution is -2.32. The van der Waals surface area contributed by atoms with Gasteiger partial charge in [0, 0.05) is 29.6 Å². The second-order valence-electron chi connectivity index (χ2n) is 3.54. The number of halogens is 1. The Kier molecular flexibility index (Phi) is 4.06. The molecule has 0 atom stereocenters. The highest BCUT2D eigenvalue weighted by atomic mass is 127. The molecule has 1 aromatic rings. The Morgan fingerprint density at radius 3 is 2.50 bits per heavy atom. The highest BCUT2D eigenvalue weighted by molar-refractivity contribution is 14.1. The van der Waals surface area contributed by atoms with Gasteiger partial charge in [-0.2, -0.15) is 0 Å². The van der Waals surface area contributed by atoms with Gasteiger partial charge in [-0.15, -0.1) is 0 Å². The first-order valence-electron chi connectivity index (χ1n) is 4.30. The van der Waals surface area contributed by atoms with Crippen molar-refractivity contribution in [2.45, 2.75) is 19.4 Å². The van der Waals surface area contributed by atoms with Gasteiger partial charge in [0.2, 0.25) is 5.95 Å². The van der Waals surface area contributed by atoms with E-state index in [9.17, 15) is 0 Å². The topological polar surface area (TPSA) is 47.0 Å². The highest BCUT2D eigenvalue weighted by Gasteiger charge is 2.15. The monoisotopic (exact) mass is 307 g/mol. The van der Waals surface area contributed by atoms with Gasteiger partial charge >= 0.3 is 0 Å².